The predicted molar refractivity (Wildman–Crippen MR) is 56.0 cm³/mol. The van der Waals surface area contributed by atoms with Crippen molar-refractivity contribution < 1.29 is 9.72 Å². The summed E-state index contributed by atoms with van der Waals surface area (Å²) in [5, 5.41) is 24.2. The highest BCUT2D eigenvalue weighted by Crippen LogP contribution is 1.96. The molecule has 10 nitrogen and oxygen atoms in total. The Labute approximate surface area is 95.8 Å². The summed E-state index contributed by atoms with van der Waals surface area (Å²) in [6.45, 7) is 3.44. The first-order valence-electron chi connectivity index (χ1n) is 4.77. The molecule has 0 saturated heterocycles. The number of amides is 1. The van der Waals surface area contributed by atoms with Crippen LogP contribution in [0.15, 0.2) is 5.10 Å². The number of nitro groups is 1. The maximum atomic E-state index is 10.9. The molecule has 0 aliphatic heterocycles. The lowest BCUT2D eigenvalue weighted by Gasteiger charge is -1.97. The number of rotatable bonds is 5. The van der Waals surface area contributed by atoms with Crippen LogP contribution < -0.4 is 5.43 Å². The Hall–Kier alpha value is -2.39. The second-order valence-electron chi connectivity index (χ2n) is 3.11. The Morgan fingerprint density at radius 2 is 2.35 bits per heavy atom. The van der Waals surface area contributed by atoms with Crippen LogP contribution in [0, 0.1) is 10.1 Å². The fraction of sp³-hybridized carbons (Fsp3) is 0.571. The Kier molecular flexibility index (Phi) is 4.20. The van der Waals surface area contributed by atoms with E-state index in [2.05, 4.69) is 25.9 Å². The van der Waals surface area contributed by atoms with Gasteiger partial charge < -0.3 is 10.1 Å². The van der Waals surface area contributed by atoms with Gasteiger partial charge >= 0.3 is 5.95 Å². The summed E-state index contributed by atoms with van der Waals surface area (Å²) in [5.74, 6) is -0.794. The van der Waals surface area contributed by atoms with E-state index in [1.807, 2.05) is 0 Å². The molecular weight excluding hydrogens is 230 g/mol. The van der Waals surface area contributed by atoms with Crippen LogP contribution in [0.1, 0.15) is 20.3 Å². The molecule has 0 fully saturated rings. The minimum absolute atomic E-state index is 0.116. The highest BCUT2D eigenvalue weighted by molar-refractivity contribution is 5.83. The molecule has 0 radical (unpaired) electrons. The van der Waals surface area contributed by atoms with Crippen molar-refractivity contribution in [3.05, 3.63) is 10.1 Å². The van der Waals surface area contributed by atoms with Crippen molar-refractivity contribution in [1.82, 2.24) is 25.6 Å². The van der Waals surface area contributed by atoms with Gasteiger partial charge in [0.15, 0.2) is 0 Å². The van der Waals surface area contributed by atoms with E-state index in [4.69, 9.17) is 0 Å². The molecule has 0 spiro atoms. The fourth-order valence-electron chi connectivity index (χ4n) is 0.852. The van der Waals surface area contributed by atoms with E-state index in [1.54, 1.807) is 13.8 Å². The van der Waals surface area contributed by atoms with E-state index < -0.39 is 10.9 Å². The van der Waals surface area contributed by atoms with Crippen LogP contribution in [0.2, 0.25) is 0 Å². The van der Waals surface area contributed by atoms with Crippen LogP contribution in [0.3, 0.4) is 0 Å². The van der Waals surface area contributed by atoms with Crippen LogP contribution >= 0.6 is 0 Å². The van der Waals surface area contributed by atoms with Crippen molar-refractivity contribution in [2.75, 3.05) is 0 Å². The van der Waals surface area contributed by atoms with Gasteiger partial charge in [-0.05, 0) is 11.8 Å². The molecule has 0 unspecified atom stereocenters. The normalized spacial score (nSPS) is 11.3. The van der Waals surface area contributed by atoms with Crippen molar-refractivity contribution in [2.24, 2.45) is 5.10 Å². The predicted octanol–water partition coefficient (Wildman–Crippen LogP) is -0.517. The number of tetrazole rings is 1. The Morgan fingerprint density at radius 1 is 1.65 bits per heavy atom. The second kappa shape index (κ2) is 5.63. The molecule has 1 amide bonds. The molecule has 0 aliphatic carbocycles. The lowest BCUT2D eigenvalue weighted by molar-refractivity contribution is -0.394. The number of hydrazone groups is 1. The number of hydrogen-bond donors (Lipinski definition) is 1. The molecule has 10 heteroatoms. The molecule has 1 aromatic heterocycles. The fourth-order valence-corrected chi connectivity index (χ4v) is 0.852. The Morgan fingerprint density at radius 3 is 2.88 bits per heavy atom. The van der Waals surface area contributed by atoms with Gasteiger partial charge in [0.2, 0.25) is 5.91 Å². The minimum Gasteiger partial charge on any atom is -0.390 e. The maximum absolute atomic E-state index is 10.9. The topological polar surface area (TPSA) is 128 Å². The zero-order valence-corrected chi connectivity index (χ0v) is 9.32. The van der Waals surface area contributed by atoms with Gasteiger partial charge in [0.05, 0.1) is 15.9 Å². The third kappa shape index (κ3) is 3.93. The zero-order valence-electron chi connectivity index (χ0n) is 9.32. The minimum atomic E-state index is -0.741. The lowest BCUT2D eigenvalue weighted by Crippen LogP contribution is -2.20. The lowest BCUT2D eigenvalue weighted by atomic mass is 10.4. The van der Waals surface area contributed by atoms with Gasteiger partial charge in [0.1, 0.15) is 6.54 Å². The summed E-state index contributed by atoms with van der Waals surface area (Å²) in [7, 11) is 0. The summed E-state index contributed by atoms with van der Waals surface area (Å²) < 4.78 is 0. The van der Waals surface area contributed by atoms with Gasteiger partial charge in [-0.25, -0.2) is 5.43 Å². The number of hydrogen-bond acceptors (Lipinski definition) is 7. The van der Waals surface area contributed by atoms with Gasteiger partial charge in [0, 0.05) is 11.6 Å². The summed E-state index contributed by atoms with van der Waals surface area (Å²) in [6, 6.07) is 0. The zero-order chi connectivity index (χ0) is 12.8. The number of nitrogens with one attached hydrogen (secondary N) is 1. The standard InChI is InChI=1S/C7H11N7O3/c1-3-6(15)9-8-5(2)4-13-11-7(10-12-13)14(16)17/h3-4H2,1-2H3,(H,9,15)/b8-5+. The molecule has 0 bridgehead atoms. The van der Waals surface area contributed by atoms with E-state index >= 15 is 0 Å². The monoisotopic (exact) mass is 241 g/mol. The quantitative estimate of drug-likeness (QED) is 0.419. The van der Waals surface area contributed by atoms with E-state index in [1.165, 1.54) is 0 Å². The largest absolute Gasteiger partial charge is 0.514 e. The van der Waals surface area contributed by atoms with E-state index in [9.17, 15) is 14.9 Å². The maximum Gasteiger partial charge on any atom is 0.514 e. The van der Waals surface area contributed by atoms with Crippen molar-refractivity contribution in [1.29, 1.82) is 0 Å². The Balaban J connectivity index is 2.58. The van der Waals surface area contributed by atoms with Gasteiger partial charge in [-0.15, -0.1) is 0 Å². The average Bonchev–Trinajstić information content (AvgIpc) is 2.74. The SMILES string of the molecule is CCC(=O)N/N=C(\C)Cn1nnc([N+](=O)[O-])n1. The first-order chi connectivity index (χ1) is 8.02. The molecule has 0 saturated carbocycles. The van der Waals surface area contributed by atoms with Crippen molar-refractivity contribution >= 4 is 17.6 Å². The van der Waals surface area contributed by atoms with Crippen LogP contribution in [-0.4, -0.2) is 36.7 Å². The van der Waals surface area contributed by atoms with E-state index in [0.29, 0.717) is 12.1 Å². The smallest absolute Gasteiger partial charge is 0.390 e. The molecule has 0 aromatic carbocycles. The number of aromatic nitrogens is 4. The molecule has 1 rings (SSSR count). The summed E-state index contributed by atoms with van der Waals surface area (Å²) in [6.07, 6.45) is 0.323. The van der Waals surface area contributed by atoms with Crippen LogP contribution in [0.4, 0.5) is 5.95 Å². The molecule has 17 heavy (non-hydrogen) atoms. The second-order valence-corrected chi connectivity index (χ2v) is 3.11. The molecule has 92 valence electrons. The number of carbonyl (C=O) groups is 1. The third-order valence-corrected chi connectivity index (χ3v) is 1.67. The summed E-state index contributed by atoms with van der Waals surface area (Å²) >= 11 is 0. The van der Waals surface area contributed by atoms with E-state index in [-0.39, 0.29) is 12.5 Å². The highest BCUT2D eigenvalue weighted by Gasteiger charge is 2.15. The summed E-state index contributed by atoms with van der Waals surface area (Å²) in [5.41, 5.74) is 2.81. The molecule has 1 N–H and O–H groups in total. The third-order valence-electron chi connectivity index (χ3n) is 1.67. The first-order valence-corrected chi connectivity index (χ1v) is 4.77. The first kappa shape index (κ1) is 12.7. The highest BCUT2D eigenvalue weighted by atomic mass is 16.6. The Bertz CT molecular complexity index is 452. The summed E-state index contributed by atoms with van der Waals surface area (Å²) in [4.78, 5) is 21.5. The van der Waals surface area contributed by atoms with Crippen molar-refractivity contribution in [3.63, 3.8) is 0 Å². The number of carbonyl (C=O) groups excluding carboxylic acids is 1. The van der Waals surface area contributed by atoms with Gasteiger partial charge in [-0.2, -0.15) is 5.10 Å². The van der Waals surface area contributed by atoms with Gasteiger partial charge in [-0.3, -0.25) is 4.79 Å². The van der Waals surface area contributed by atoms with Gasteiger partial charge in [-0.1, -0.05) is 11.7 Å². The van der Waals surface area contributed by atoms with Crippen LogP contribution in [0.5, 0.6) is 0 Å². The molecular formula is C7H11N7O3. The van der Waals surface area contributed by atoms with Crippen molar-refractivity contribution in [2.45, 2.75) is 26.8 Å². The average molecular weight is 241 g/mol. The molecule has 1 heterocycles. The molecule has 0 atom stereocenters. The number of nitrogens with zero attached hydrogens (tertiary/aromatic N) is 6. The molecule has 0 aliphatic rings. The van der Waals surface area contributed by atoms with Gasteiger partial charge in [0.25, 0.3) is 0 Å². The van der Waals surface area contributed by atoms with Crippen molar-refractivity contribution in [3.8, 4) is 0 Å². The van der Waals surface area contributed by atoms with E-state index in [0.717, 1.165) is 4.80 Å². The van der Waals surface area contributed by atoms with Crippen LogP contribution in [0.25, 0.3) is 0 Å². The van der Waals surface area contributed by atoms with Crippen LogP contribution in [-0.2, 0) is 11.3 Å². The molecule has 1 aromatic rings.